The molecule has 1 unspecified atom stereocenters. The third kappa shape index (κ3) is 4.75. The summed E-state index contributed by atoms with van der Waals surface area (Å²) >= 11 is 0. The molecule has 0 aromatic rings. The molecule has 0 radical (unpaired) electrons. The average molecular weight is 353 g/mol. The molecular formula is C20H40N4O. The molecule has 146 valence electrons. The lowest BCUT2D eigenvalue weighted by Gasteiger charge is -2.53. The van der Waals surface area contributed by atoms with Crippen LogP contribution in [0.4, 0.5) is 0 Å². The molecule has 2 saturated heterocycles. The zero-order valence-electron chi connectivity index (χ0n) is 16.6. The molecule has 3 aliphatic rings. The van der Waals surface area contributed by atoms with Gasteiger partial charge < -0.3 is 21.1 Å². The Balaban J connectivity index is 1.35. The predicted octanol–water partition coefficient (Wildman–Crippen LogP) is 1.40. The second kappa shape index (κ2) is 8.22. The molecule has 4 N–H and O–H groups in total. The number of rotatable bonds is 5. The van der Waals surface area contributed by atoms with Crippen LogP contribution in [0, 0.1) is 5.41 Å². The average Bonchev–Trinajstić information content (AvgIpc) is 2.73. The first-order valence-corrected chi connectivity index (χ1v) is 10.5. The van der Waals surface area contributed by atoms with E-state index in [9.17, 15) is 5.11 Å². The number of piperidine rings is 1. The van der Waals surface area contributed by atoms with E-state index in [1.54, 1.807) is 0 Å². The van der Waals surface area contributed by atoms with Crippen molar-refractivity contribution >= 4 is 0 Å². The van der Waals surface area contributed by atoms with Crippen LogP contribution in [0.15, 0.2) is 0 Å². The Hall–Kier alpha value is -0.200. The molecule has 0 bridgehead atoms. The highest BCUT2D eigenvalue weighted by Gasteiger charge is 2.45. The number of nitrogens with one attached hydrogen (secondary N) is 1. The standard InChI is InChI=1S/C20H40N4O/c1-15(2)23-10-6-20(7-11-23)12-17(13-20)22-14-16(3)24-8-4-18(21)19(25)5-9-24/h15-19,22,25H,4-14,21H2,1-3H3/t16?,18-,19-/m1/s1. The second-order valence-electron chi connectivity index (χ2n) is 9.34. The Labute approximate surface area is 154 Å². The molecule has 0 amide bonds. The van der Waals surface area contributed by atoms with Crippen LogP contribution in [0.25, 0.3) is 0 Å². The van der Waals surface area contributed by atoms with Crippen molar-refractivity contribution in [3.8, 4) is 0 Å². The fourth-order valence-corrected chi connectivity index (χ4v) is 5.09. The van der Waals surface area contributed by atoms with Crippen molar-refractivity contribution < 1.29 is 5.11 Å². The largest absolute Gasteiger partial charge is 0.391 e. The van der Waals surface area contributed by atoms with Gasteiger partial charge >= 0.3 is 0 Å². The minimum absolute atomic E-state index is 0.0478. The van der Waals surface area contributed by atoms with Gasteiger partial charge in [-0.05, 0) is 77.8 Å². The molecule has 1 spiro atoms. The van der Waals surface area contributed by atoms with Crippen molar-refractivity contribution in [3.63, 3.8) is 0 Å². The molecule has 25 heavy (non-hydrogen) atoms. The Bertz CT molecular complexity index is 402. The van der Waals surface area contributed by atoms with Gasteiger partial charge in [0.2, 0.25) is 0 Å². The molecule has 2 heterocycles. The molecule has 3 rings (SSSR count). The molecule has 0 aromatic carbocycles. The van der Waals surface area contributed by atoms with Gasteiger partial charge in [-0.1, -0.05) is 0 Å². The Morgan fingerprint density at radius 2 is 1.68 bits per heavy atom. The van der Waals surface area contributed by atoms with E-state index in [4.69, 9.17) is 5.73 Å². The zero-order chi connectivity index (χ0) is 18.0. The van der Waals surface area contributed by atoms with Gasteiger partial charge in [-0.3, -0.25) is 4.90 Å². The van der Waals surface area contributed by atoms with Crippen LogP contribution in [0.1, 0.15) is 59.3 Å². The highest BCUT2D eigenvalue weighted by Crippen LogP contribution is 2.49. The third-order valence-corrected chi connectivity index (χ3v) is 7.23. The van der Waals surface area contributed by atoms with Crippen molar-refractivity contribution in [2.24, 2.45) is 11.1 Å². The Morgan fingerprint density at radius 1 is 1.04 bits per heavy atom. The van der Waals surface area contributed by atoms with Crippen LogP contribution in [0.5, 0.6) is 0 Å². The monoisotopic (exact) mass is 352 g/mol. The topological polar surface area (TPSA) is 64.8 Å². The highest BCUT2D eigenvalue weighted by molar-refractivity contribution is 5.01. The summed E-state index contributed by atoms with van der Waals surface area (Å²) < 4.78 is 0. The SMILES string of the molecule is CC(C)N1CCC2(CC1)CC(NCC(C)N1CC[C@@H](N)[C@H](O)CC1)C2. The fourth-order valence-electron chi connectivity index (χ4n) is 5.09. The van der Waals surface area contributed by atoms with Crippen molar-refractivity contribution in [3.05, 3.63) is 0 Å². The van der Waals surface area contributed by atoms with Gasteiger partial charge in [0, 0.05) is 43.8 Å². The lowest BCUT2D eigenvalue weighted by Crippen LogP contribution is -2.56. The van der Waals surface area contributed by atoms with Crippen LogP contribution in [0.3, 0.4) is 0 Å². The van der Waals surface area contributed by atoms with Crippen LogP contribution >= 0.6 is 0 Å². The summed E-state index contributed by atoms with van der Waals surface area (Å²) in [7, 11) is 0. The molecule has 1 saturated carbocycles. The van der Waals surface area contributed by atoms with E-state index >= 15 is 0 Å². The van der Waals surface area contributed by atoms with Gasteiger partial charge in [-0.2, -0.15) is 0 Å². The van der Waals surface area contributed by atoms with Crippen LogP contribution in [-0.2, 0) is 0 Å². The molecule has 1 aliphatic carbocycles. The van der Waals surface area contributed by atoms with Crippen molar-refractivity contribution in [2.75, 3.05) is 32.7 Å². The zero-order valence-corrected chi connectivity index (χ0v) is 16.6. The molecule has 2 aliphatic heterocycles. The van der Waals surface area contributed by atoms with Gasteiger partial charge in [0.05, 0.1) is 6.10 Å². The van der Waals surface area contributed by atoms with E-state index < -0.39 is 0 Å². The van der Waals surface area contributed by atoms with Crippen molar-refractivity contribution in [2.45, 2.75) is 89.6 Å². The molecule has 0 aromatic heterocycles. The van der Waals surface area contributed by atoms with E-state index in [1.807, 2.05) is 0 Å². The molecule has 5 heteroatoms. The van der Waals surface area contributed by atoms with E-state index in [0.717, 1.165) is 32.5 Å². The first kappa shape index (κ1) is 19.6. The number of hydrogen-bond acceptors (Lipinski definition) is 5. The second-order valence-corrected chi connectivity index (χ2v) is 9.34. The lowest BCUT2D eigenvalue weighted by atomic mass is 9.60. The van der Waals surface area contributed by atoms with E-state index in [1.165, 1.54) is 38.8 Å². The van der Waals surface area contributed by atoms with Crippen LogP contribution in [0.2, 0.25) is 0 Å². The summed E-state index contributed by atoms with van der Waals surface area (Å²) in [4.78, 5) is 5.13. The van der Waals surface area contributed by atoms with Crippen molar-refractivity contribution in [1.29, 1.82) is 0 Å². The smallest absolute Gasteiger partial charge is 0.0703 e. The van der Waals surface area contributed by atoms with E-state index in [-0.39, 0.29) is 12.1 Å². The summed E-state index contributed by atoms with van der Waals surface area (Å²) in [5.41, 5.74) is 6.65. The number of nitrogens with two attached hydrogens (primary N) is 1. The highest BCUT2D eigenvalue weighted by atomic mass is 16.3. The Morgan fingerprint density at radius 3 is 2.32 bits per heavy atom. The first-order valence-electron chi connectivity index (χ1n) is 10.5. The van der Waals surface area contributed by atoms with E-state index in [0.29, 0.717) is 23.5 Å². The maximum atomic E-state index is 9.95. The molecular weight excluding hydrogens is 312 g/mol. The molecule has 3 fully saturated rings. The first-order chi connectivity index (χ1) is 11.9. The van der Waals surface area contributed by atoms with Crippen LogP contribution < -0.4 is 11.1 Å². The van der Waals surface area contributed by atoms with Gasteiger partial charge in [0.15, 0.2) is 0 Å². The summed E-state index contributed by atoms with van der Waals surface area (Å²) in [6.07, 6.45) is 6.91. The maximum absolute atomic E-state index is 9.95. The quantitative estimate of drug-likeness (QED) is 0.698. The van der Waals surface area contributed by atoms with Gasteiger partial charge in [-0.25, -0.2) is 0 Å². The normalized spacial score (nSPS) is 33.4. The number of aliphatic hydroxyl groups is 1. The minimum Gasteiger partial charge on any atom is -0.391 e. The number of hydrogen-bond donors (Lipinski definition) is 3. The lowest BCUT2D eigenvalue weighted by molar-refractivity contribution is -0.00423. The summed E-state index contributed by atoms with van der Waals surface area (Å²) in [6, 6.07) is 1.89. The van der Waals surface area contributed by atoms with Gasteiger partial charge in [0.25, 0.3) is 0 Å². The third-order valence-electron chi connectivity index (χ3n) is 7.23. The Kier molecular flexibility index (Phi) is 6.43. The van der Waals surface area contributed by atoms with Gasteiger partial charge in [-0.15, -0.1) is 0 Å². The molecule has 3 atom stereocenters. The molecule has 5 nitrogen and oxygen atoms in total. The maximum Gasteiger partial charge on any atom is 0.0703 e. The summed E-state index contributed by atoms with van der Waals surface area (Å²) in [5.74, 6) is 0. The fraction of sp³-hybridized carbons (Fsp3) is 1.00. The van der Waals surface area contributed by atoms with Crippen LogP contribution in [-0.4, -0.2) is 77.9 Å². The number of nitrogens with zero attached hydrogens (tertiary/aromatic N) is 2. The number of aliphatic hydroxyl groups excluding tert-OH is 1. The van der Waals surface area contributed by atoms with Crippen molar-refractivity contribution in [1.82, 2.24) is 15.1 Å². The van der Waals surface area contributed by atoms with Gasteiger partial charge in [0.1, 0.15) is 0 Å². The summed E-state index contributed by atoms with van der Waals surface area (Å²) in [6.45, 7) is 12.6. The minimum atomic E-state index is -0.326. The number of likely N-dealkylation sites (tertiary alicyclic amines) is 2. The summed E-state index contributed by atoms with van der Waals surface area (Å²) in [5, 5.41) is 13.8. The predicted molar refractivity (Wildman–Crippen MR) is 104 cm³/mol. The van der Waals surface area contributed by atoms with E-state index in [2.05, 4.69) is 35.9 Å².